The van der Waals surface area contributed by atoms with Crippen LogP contribution in [0.25, 0.3) is 0 Å². The number of esters is 2. The molecule has 0 aliphatic carbocycles. The number of hydrogen-bond acceptors (Lipinski definition) is 30. The van der Waals surface area contributed by atoms with E-state index in [0.717, 1.165) is 69.5 Å². The molecule has 0 radical (unpaired) electrons. The first-order valence-corrected chi connectivity index (χ1v) is 53.1. The van der Waals surface area contributed by atoms with Crippen LogP contribution in [0.4, 0.5) is 0 Å². The van der Waals surface area contributed by atoms with E-state index in [1.165, 1.54) is 103 Å². The van der Waals surface area contributed by atoms with E-state index >= 15 is 0 Å². The van der Waals surface area contributed by atoms with Crippen LogP contribution in [-0.4, -0.2) is 297 Å². The van der Waals surface area contributed by atoms with Crippen molar-refractivity contribution >= 4 is 142 Å². The second kappa shape index (κ2) is 80.7. The molecular formula is C99H167N19O30S. The number of ether oxygens (including phenoxy) is 2. The van der Waals surface area contributed by atoms with Crippen LogP contribution in [-0.2, 0) is 121 Å². The van der Waals surface area contributed by atoms with Crippen molar-refractivity contribution in [2.75, 3.05) is 51.0 Å². The molecule has 844 valence electrons. The quantitative estimate of drug-likeness (QED) is 0.0298. The molecule has 15 atom stereocenters. The fraction of sp³-hybridized carbons (Fsp3) is 0.717. The SMILES string of the molecule is CCCCCCCCCCCCCCCC(=O)OC[C@H](CSC[C@H](N)C(=O)NCC(=O)N[C@@H](CC(N)=O)C(=O)N[C@@H](CC(N)=O)C(=O)N[C@@H](CC(=O)O)C(=O)N[C@@H](CCC(=O)O)C(=O)N[C@@H](CO)C(=O)N[C@@H](CC(N)=O)C(=O)N[C@H](C(=O)N[C@@H](CO)C(=O)N[C@@H](Cc1ccccc1)C(=O)N[C@@H](CCCCN)C(=O)N[C@@H](CCC(=O)O)C(=O)N[C@@H](CCCCN)C(=O)O)[C@@H](C)CC)OC(=O)CCCCCCCCCCCCCCC. The number of primary amides is 3. The number of carbonyl (C=O) groups excluding carboxylic acids is 18. The zero-order valence-corrected chi connectivity index (χ0v) is 87.5. The molecule has 149 heavy (non-hydrogen) atoms. The molecular weight excluding hydrogens is 1970 g/mol. The standard InChI is InChI=1S/C99H167N19O30S/c1-5-8-10-12-14-16-18-20-22-24-26-28-33-43-84(131)147-59-64(148-85(132)44-34-29-27-25-23-21-19-17-15-13-11-9-6-2)60-149-61-65(102)87(133)106-56-80(124)107-71(52-77(103)121)92(138)113-72(53-78(104)122)93(139)115-74(55-83(129)130)94(140)110-68(46-48-82(127)128)90(136)116-75(57-119)96(142)114-73(54-79(105)123)95(141)118-86(62(4)7-3)98(144)117-76(58-120)97(143)112-70(51-63-39-31-30-32-40-63)91(137)108-66(41-35-37-49-100)88(134)109-67(45-47-81(125)126)89(135)111-69(99(145)146)42-36-38-50-101/h30-32,39-40,62,64-76,86,119-120H,5-29,33-38,41-61,100-102H2,1-4H3,(H2,103,121)(H2,104,122)(H2,105,123)(H,106,133)(H,107,124)(H,108,137)(H,109,134)(H,110,140)(H,111,135)(H,112,143)(H,113,138)(H,114,142)(H,115,139)(H,116,136)(H,117,144)(H,118,141)(H,125,126)(H,127,128)(H,129,130)(H,145,146)/t62-,64+,65-,66-,67-,68-,69-,70-,71-,72-,73-,74-,75-,76-,86-/m0/s1. The third kappa shape index (κ3) is 63.3. The highest BCUT2D eigenvalue weighted by atomic mass is 32.2. The average molecular weight is 2140 g/mol. The number of benzene rings is 1. The van der Waals surface area contributed by atoms with Gasteiger partial charge in [0.05, 0.1) is 51.5 Å². The van der Waals surface area contributed by atoms with Gasteiger partial charge in [0.15, 0.2) is 0 Å². The van der Waals surface area contributed by atoms with E-state index in [4.69, 9.17) is 43.9 Å². The second-order valence-corrected chi connectivity index (χ2v) is 38.3. The number of carbonyl (C=O) groups is 22. The third-order valence-electron chi connectivity index (χ3n) is 24.2. The summed E-state index contributed by atoms with van der Waals surface area (Å²) >= 11 is 1.08. The predicted octanol–water partition coefficient (Wildman–Crippen LogP) is -0.155. The maximum Gasteiger partial charge on any atom is 0.326 e. The summed E-state index contributed by atoms with van der Waals surface area (Å²) in [5.41, 5.74) is 34.3. The Bertz CT molecular complexity index is 4320. The van der Waals surface area contributed by atoms with Gasteiger partial charge in [-0.05, 0) is 88.8 Å². The maximum atomic E-state index is 14.5. The maximum absolute atomic E-state index is 14.5. The summed E-state index contributed by atoms with van der Waals surface area (Å²) in [5, 5.41) is 89.1. The average Bonchev–Trinajstić information content (AvgIpc) is 0.831. The van der Waals surface area contributed by atoms with Gasteiger partial charge >= 0.3 is 35.8 Å². The number of rotatable bonds is 90. The number of unbranched alkanes of at least 4 members (excludes halogenated alkanes) is 26. The topological polar surface area (TPSA) is 828 Å². The number of hydrogen-bond donors (Lipinski definition) is 25. The van der Waals surface area contributed by atoms with Crippen molar-refractivity contribution in [1.29, 1.82) is 0 Å². The van der Waals surface area contributed by atoms with Crippen molar-refractivity contribution in [1.82, 2.24) is 69.1 Å². The zero-order chi connectivity index (χ0) is 112. The Morgan fingerprint density at radius 1 is 0.342 bits per heavy atom. The summed E-state index contributed by atoms with van der Waals surface area (Å²) < 4.78 is 11.4. The van der Waals surface area contributed by atoms with E-state index < -0.39 is 292 Å². The molecule has 0 saturated heterocycles. The Kier molecular flexibility index (Phi) is 72.9. The normalized spacial score (nSPS) is 14.1. The summed E-state index contributed by atoms with van der Waals surface area (Å²) in [7, 11) is 0. The van der Waals surface area contributed by atoms with Crippen LogP contribution in [0.15, 0.2) is 30.3 Å². The summed E-state index contributed by atoms with van der Waals surface area (Å²) in [4.78, 5) is 294. The minimum absolute atomic E-state index is 0.0386. The van der Waals surface area contributed by atoms with Gasteiger partial charge in [-0.15, -0.1) is 0 Å². The lowest BCUT2D eigenvalue weighted by Gasteiger charge is -2.29. The Morgan fingerprint density at radius 2 is 0.678 bits per heavy atom. The highest BCUT2D eigenvalue weighted by molar-refractivity contribution is 7.99. The largest absolute Gasteiger partial charge is 0.481 e. The van der Waals surface area contributed by atoms with E-state index in [0.29, 0.717) is 31.2 Å². The molecule has 0 aromatic heterocycles. The van der Waals surface area contributed by atoms with Crippen molar-refractivity contribution in [2.45, 2.75) is 395 Å². The molecule has 16 amide bonds. The van der Waals surface area contributed by atoms with E-state index in [9.17, 15) is 136 Å². The third-order valence-corrected chi connectivity index (χ3v) is 25.4. The molecule has 0 spiro atoms. The van der Waals surface area contributed by atoms with Gasteiger partial charge in [-0.1, -0.05) is 219 Å². The highest BCUT2D eigenvalue weighted by Crippen LogP contribution is 2.20. The van der Waals surface area contributed by atoms with Gasteiger partial charge in [-0.3, -0.25) is 101 Å². The summed E-state index contributed by atoms with van der Waals surface area (Å²) in [6.45, 7) is 3.90. The number of nitrogens with two attached hydrogens (primary N) is 6. The molecule has 0 bridgehead atoms. The lowest BCUT2D eigenvalue weighted by Crippen LogP contribution is -2.62. The first-order chi connectivity index (χ1) is 71.0. The molecule has 0 heterocycles. The van der Waals surface area contributed by atoms with E-state index in [-0.39, 0.29) is 82.6 Å². The Morgan fingerprint density at radius 3 is 1.07 bits per heavy atom. The lowest BCUT2D eigenvalue weighted by atomic mass is 9.97. The number of nitrogens with one attached hydrogen (secondary N) is 13. The molecule has 31 N–H and O–H groups in total. The Hall–Kier alpha value is -12.3. The smallest absolute Gasteiger partial charge is 0.326 e. The number of aliphatic hydroxyl groups is 2. The Balaban J connectivity index is 3.43. The minimum atomic E-state index is -2.35. The molecule has 0 aliphatic rings. The van der Waals surface area contributed by atoms with Crippen LogP contribution in [0.3, 0.4) is 0 Å². The number of carboxylic acids is 4. The lowest BCUT2D eigenvalue weighted by molar-refractivity contribution is -0.157. The minimum Gasteiger partial charge on any atom is -0.481 e. The van der Waals surface area contributed by atoms with Crippen LogP contribution < -0.4 is 104 Å². The molecule has 1 aromatic carbocycles. The molecule has 1 rings (SSSR count). The number of thioether (sulfide) groups is 1. The number of carboxylic acid groups (broad SMARTS) is 4. The van der Waals surface area contributed by atoms with E-state index in [1.54, 1.807) is 37.3 Å². The number of aliphatic hydroxyl groups excluding tert-OH is 2. The summed E-state index contributed by atoms with van der Waals surface area (Å²) in [6, 6.07) is -16.6. The van der Waals surface area contributed by atoms with Gasteiger partial charge in [0.1, 0.15) is 85.2 Å². The molecule has 1 aromatic rings. The first-order valence-electron chi connectivity index (χ1n) is 52.0. The molecule has 0 unspecified atom stereocenters. The predicted molar refractivity (Wildman–Crippen MR) is 548 cm³/mol. The van der Waals surface area contributed by atoms with Crippen LogP contribution in [0, 0.1) is 5.92 Å². The van der Waals surface area contributed by atoms with Gasteiger partial charge in [0, 0.05) is 43.6 Å². The van der Waals surface area contributed by atoms with Crippen LogP contribution in [0.1, 0.15) is 309 Å². The number of amides is 16. The van der Waals surface area contributed by atoms with Crippen molar-refractivity contribution in [3.05, 3.63) is 35.9 Å². The molecule has 49 nitrogen and oxygen atoms in total. The van der Waals surface area contributed by atoms with Gasteiger partial charge in [-0.25, -0.2) is 4.79 Å². The van der Waals surface area contributed by atoms with Crippen LogP contribution in [0.2, 0.25) is 0 Å². The summed E-state index contributed by atoms with van der Waals surface area (Å²) in [6.07, 6.45) is 21.2. The fourth-order valence-corrected chi connectivity index (χ4v) is 16.4. The molecule has 50 heteroatoms. The van der Waals surface area contributed by atoms with Crippen molar-refractivity contribution in [3.63, 3.8) is 0 Å². The van der Waals surface area contributed by atoms with Gasteiger partial charge in [-0.2, -0.15) is 11.8 Å². The van der Waals surface area contributed by atoms with E-state index in [2.05, 4.69) is 61.7 Å². The number of aliphatic carboxylic acids is 4. The highest BCUT2D eigenvalue weighted by Gasteiger charge is 2.40. The van der Waals surface area contributed by atoms with Crippen molar-refractivity contribution < 1.29 is 146 Å². The molecule has 0 aliphatic heterocycles. The van der Waals surface area contributed by atoms with Crippen molar-refractivity contribution in [3.8, 4) is 0 Å². The zero-order valence-electron chi connectivity index (χ0n) is 86.7. The Labute approximate surface area is 874 Å². The monoisotopic (exact) mass is 2130 g/mol. The molecule has 0 saturated carbocycles. The fourth-order valence-electron chi connectivity index (χ4n) is 15.5. The van der Waals surface area contributed by atoms with E-state index in [1.807, 2.05) is 21.3 Å². The van der Waals surface area contributed by atoms with Crippen LogP contribution in [0.5, 0.6) is 0 Å². The van der Waals surface area contributed by atoms with Gasteiger partial charge in [0.25, 0.3) is 0 Å². The van der Waals surface area contributed by atoms with Gasteiger partial charge < -0.3 is 144 Å². The van der Waals surface area contributed by atoms with Crippen molar-refractivity contribution in [2.24, 2.45) is 40.3 Å². The van der Waals surface area contributed by atoms with Gasteiger partial charge in [0.2, 0.25) is 94.5 Å². The van der Waals surface area contributed by atoms with Crippen LogP contribution >= 0.6 is 11.8 Å². The second-order valence-electron chi connectivity index (χ2n) is 37.2. The molecule has 0 fully saturated rings. The summed E-state index contributed by atoms with van der Waals surface area (Å²) in [5.74, 6) is -28.9. The first kappa shape index (κ1) is 135.